The number of nitrogens with one attached hydrogen (secondary N) is 2. The average molecular weight is 285 g/mol. The second kappa shape index (κ2) is 8.52. The molecule has 0 spiro atoms. The van der Waals surface area contributed by atoms with Crippen LogP contribution in [0.15, 0.2) is 0 Å². The van der Waals surface area contributed by atoms with Crippen molar-refractivity contribution >= 4 is 17.8 Å². The van der Waals surface area contributed by atoms with Gasteiger partial charge in [-0.3, -0.25) is 9.59 Å². The van der Waals surface area contributed by atoms with Gasteiger partial charge in [-0.15, -0.1) is 0 Å². The van der Waals surface area contributed by atoms with Crippen LogP contribution in [0.25, 0.3) is 0 Å². The highest BCUT2D eigenvalue weighted by atomic mass is 16.4. The lowest BCUT2D eigenvalue weighted by Gasteiger charge is -2.22. The molecule has 1 rings (SSSR count). The number of aliphatic carboxylic acids is 1. The van der Waals surface area contributed by atoms with E-state index in [9.17, 15) is 14.4 Å². The van der Waals surface area contributed by atoms with E-state index in [4.69, 9.17) is 10.8 Å². The highest BCUT2D eigenvalue weighted by Crippen LogP contribution is 2.17. The Kier molecular flexibility index (Phi) is 7.00. The largest absolute Gasteiger partial charge is 0.480 e. The number of carboxylic acid groups (broad SMARTS) is 1. The quantitative estimate of drug-likeness (QED) is 0.483. The molecule has 7 heteroatoms. The van der Waals surface area contributed by atoms with Crippen LogP contribution in [0.5, 0.6) is 0 Å². The Hall–Kier alpha value is -1.63. The summed E-state index contributed by atoms with van der Waals surface area (Å²) in [6, 6.07) is -1.04. The minimum Gasteiger partial charge on any atom is -0.480 e. The second-order valence-corrected chi connectivity index (χ2v) is 5.20. The molecule has 5 N–H and O–H groups in total. The summed E-state index contributed by atoms with van der Waals surface area (Å²) in [7, 11) is 0. The van der Waals surface area contributed by atoms with Crippen molar-refractivity contribution in [2.24, 2.45) is 11.7 Å². The van der Waals surface area contributed by atoms with E-state index >= 15 is 0 Å². The summed E-state index contributed by atoms with van der Waals surface area (Å²) in [6.07, 6.45) is 3.19. The lowest BCUT2D eigenvalue weighted by molar-refractivity contribution is -0.142. The number of piperidine rings is 1. The van der Waals surface area contributed by atoms with Gasteiger partial charge in [0, 0.05) is 12.8 Å². The van der Waals surface area contributed by atoms with Crippen molar-refractivity contribution in [3.63, 3.8) is 0 Å². The van der Waals surface area contributed by atoms with Crippen LogP contribution in [0, 0.1) is 5.92 Å². The van der Waals surface area contributed by atoms with E-state index in [1.165, 1.54) is 0 Å². The third kappa shape index (κ3) is 6.51. The van der Waals surface area contributed by atoms with Gasteiger partial charge in [0.25, 0.3) is 0 Å². The molecule has 1 aliphatic rings. The Bertz CT molecular complexity index is 354. The maximum atomic E-state index is 11.7. The van der Waals surface area contributed by atoms with Crippen molar-refractivity contribution in [3.8, 4) is 0 Å². The fraction of sp³-hybridized carbons (Fsp3) is 0.769. The number of hydrogen-bond acceptors (Lipinski definition) is 4. The van der Waals surface area contributed by atoms with E-state index in [0.29, 0.717) is 12.3 Å². The van der Waals surface area contributed by atoms with Gasteiger partial charge in [-0.2, -0.15) is 0 Å². The monoisotopic (exact) mass is 285 g/mol. The van der Waals surface area contributed by atoms with Gasteiger partial charge in [-0.05, 0) is 44.7 Å². The molecule has 1 aliphatic heterocycles. The fourth-order valence-electron chi connectivity index (χ4n) is 2.32. The number of carbonyl (C=O) groups is 3. The number of amides is 2. The van der Waals surface area contributed by atoms with Crippen molar-refractivity contribution in [3.05, 3.63) is 0 Å². The van der Waals surface area contributed by atoms with Gasteiger partial charge >= 0.3 is 5.97 Å². The summed E-state index contributed by atoms with van der Waals surface area (Å²) in [4.78, 5) is 33.4. The van der Waals surface area contributed by atoms with Crippen LogP contribution < -0.4 is 16.4 Å². The van der Waals surface area contributed by atoms with Gasteiger partial charge in [-0.25, -0.2) is 4.79 Å². The first-order valence-electron chi connectivity index (χ1n) is 7.00. The molecule has 1 heterocycles. The SMILES string of the molecule is NC(=O)CC[C@@H](NC(=O)CCC1CCNCC1)C(=O)O. The molecule has 2 amide bonds. The van der Waals surface area contributed by atoms with Gasteiger partial charge in [0.2, 0.25) is 11.8 Å². The first-order chi connectivity index (χ1) is 9.49. The van der Waals surface area contributed by atoms with Crippen molar-refractivity contribution in [2.75, 3.05) is 13.1 Å². The Balaban J connectivity index is 2.29. The maximum absolute atomic E-state index is 11.7. The molecule has 0 bridgehead atoms. The number of carbonyl (C=O) groups excluding carboxylic acids is 2. The van der Waals surface area contributed by atoms with Gasteiger partial charge in [0.15, 0.2) is 0 Å². The lowest BCUT2D eigenvalue weighted by Crippen LogP contribution is -2.41. The molecule has 0 saturated carbocycles. The molecular weight excluding hydrogens is 262 g/mol. The molecule has 0 aromatic rings. The Morgan fingerprint density at radius 1 is 1.25 bits per heavy atom. The van der Waals surface area contributed by atoms with Crippen molar-refractivity contribution in [1.82, 2.24) is 10.6 Å². The third-order valence-electron chi connectivity index (χ3n) is 3.55. The molecule has 0 aromatic carbocycles. The van der Waals surface area contributed by atoms with Crippen LogP contribution >= 0.6 is 0 Å². The third-order valence-corrected chi connectivity index (χ3v) is 3.55. The average Bonchev–Trinajstić information content (AvgIpc) is 2.41. The number of hydrogen-bond donors (Lipinski definition) is 4. The van der Waals surface area contributed by atoms with E-state index in [1.54, 1.807) is 0 Å². The van der Waals surface area contributed by atoms with Crippen molar-refractivity contribution < 1.29 is 19.5 Å². The van der Waals surface area contributed by atoms with Crippen LogP contribution in [-0.4, -0.2) is 42.0 Å². The summed E-state index contributed by atoms with van der Waals surface area (Å²) >= 11 is 0. The predicted octanol–water partition coefficient (Wildman–Crippen LogP) is -0.399. The lowest BCUT2D eigenvalue weighted by atomic mass is 9.93. The normalized spacial score (nSPS) is 17.4. The number of primary amides is 1. The fourth-order valence-corrected chi connectivity index (χ4v) is 2.32. The Morgan fingerprint density at radius 3 is 2.45 bits per heavy atom. The minimum atomic E-state index is -1.14. The van der Waals surface area contributed by atoms with Crippen molar-refractivity contribution in [1.29, 1.82) is 0 Å². The van der Waals surface area contributed by atoms with Crippen LogP contribution in [0.3, 0.4) is 0 Å². The number of rotatable bonds is 8. The number of carboxylic acids is 1. The summed E-state index contributed by atoms with van der Waals surface area (Å²) in [6.45, 7) is 1.95. The molecule has 1 fully saturated rings. The maximum Gasteiger partial charge on any atom is 0.326 e. The first kappa shape index (κ1) is 16.4. The molecule has 20 heavy (non-hydrogen) atoms. The Morgan fingerprint density at radius 2 is 1.90 bits per heavy atom. The molecule has 1 saturated heterocycles. The standard InChI is InChI=1S/C13H23N3O4/c14-11(17)3-2-10(13(19)20)16-12(18)4-1-9-5-7-15-8-6-9/h9-10,15H,1-8H2,(H2,14,17)(H,16,18)(H,19,20)/t10-/m1/s1. The van der Waals surface area contributed by atoms with Crippen LogP contribution in [0.1, 0.15) is 38.5 Å². The van der Waals surface area contributed by atoms with E-state index in [1.807, 2.05) is 0 Å². The predicted molar refractivity (Wildman–Crippen MR) is 72.8 cm³/mol. The first-order valence-corrected chi connectivity index (χ1v) is 7.00. The highest BCUT2D eigenvalue weighted by Gasteiger charge is 2.21. The van der Waals surface area contributed by atoms with Crippen LogP contribution in [0.4, 0.5) is 0 Å². The Labute approximate surface area is 118 Å². The van der Waals surface area contributed by atoms with Crippen molar-refractivity contribution in [2.45, 2.75) is 44.6 Å². The van der Waals surface area contributed by atoms with E-state index in [2.05, 4.69) is 10.6 Å². The van der Waals surface area contributed by atoms with Gasteiger partial charge in [0.05, 0.1) is 0 Å². The molecule has 114 valence electrons. The summed E-state index contributed by atoms with van der Waals surface area (Å²) in [5.41, 5.74) is 4.98. The summed E-state index contributed by atoms with van der Waals surface area (Å²) in [5.74, 6) is -1.46. The molecule has 0 radical (unpaired) electrons. The summed E-state index contributed by atoms with van der Waals surface area (Å²) in [5, 5.41) is 14.7. The zero-order valence-electron chi connectivity index (χ0n) is 11.6. The van der Waals surface area contributed by atoms with Crippen LogP contribution in [0.2, 0.25) is 0 Å². The minimum absolute atomic E-state index is 0.0315. The topological polar surface area (TPSA) is 122 Å². The molecule has 1 atom stereocenters. The van der Waals surface area contributed by atoms with E-state index in [-0.39, 0.29) is 18.7 Å². The molecule has 0 unspecified atom stereocenters. The second-order valence-electron chi connectivity index (χ2n) is 5.20. The van der Waals surface area contributed by atoms with Gasteiger partial charge in [0.1, 0.15) is 6.04 Å². The zero-order valence-corrected chi connectivity index (χ0v) is 11.6. The van der Waals surface area contributed by atoms with Crippen LogP contribution in [-0.2, 0) is 14.4 Å². The molecule has 0 aliphatic carbocycles. The zero-order chi connectivity index (χ0) is 15.0. The van der Waals surface area contributed by atoms with Gasteiger partial charge < -0.3 is 21.5 Å². The molecule has 0 aromatic heterocycles. The summed E-state index contributed by atoms with van der Waals surface area (Å²) < 4.78 is 0. The number of nitrogens with two attached hydrogens (primary N) is 1. The smallest absolute Gasteiger partial charge is 0.326 e. The molecular formula is C13H23N3O4. The molecule has 7 nitrogen and oxygen atoms in total. The van der Waals surface area contributed by atoms with E-state index < -0.39 is 17.9 Å². The van der Waals surface area contributed by atoms with Gasteiger partial charge in [-0.1, -0.05) is 0 Å². The highest BCUT2D eigenvalue weighted by molar-refractivity contribution is 5.84. The van der Waals surface area contributed by atoms with E-state index in [0.717, 1.165) is 32.4 Å².